The lowest BCUT2D eigenvalue weighted by Gasteiger charge is -2.05. The number of carbonyl (C=O) groups excluding carboxylic acids is 1. The predicted molar refractivity (Wildman–Crippen MR) is 103 cm³/mol. The molecule has 0 N–H and O–H groups in total. The average molecular weight is 394 g/mol. The summed E-state index contributed by atoms with van der Waals surface area (Å²) in [4.78, 5) is 11.5. The molecule has 1 aromatic heterocycles. The Morgan fingerprint density at radius 2 is 1.72 bits per heavy atom. The van der Waals surface area contributed by atoms with Crippen LogP contribution in [-0.2, 0) is 11.2 Å². The molecule has 0 spiro atoms. The zero-order chi connectivity index (χ0) is 18.1. The number of aromatic nitrogens is 2. The Morgan fingerprint density at radius 3 is 2.32 bits per heavy atom. The van der Waals surface area contributed by atoms with E-state index in [9.17, 15) is 4.79 Å². The SMILES string of the molecule is Cc1cc(C)cc(-n2cc(CC(=O)Cl)c(-c3ccc(Cl)c(Cl)c3)n2)c1. The minimum atomic E-state index is -0.443. The van der Waals surface area contributed by atoms with Crippen LogP contribution in [0, 0.1) is 13.8 Å². The fourth-order valence-electron chi connectivity index (χ4n) is 2.79. The Morgan fingerprint density at radius 1 is 1.04 bits per heavy atom. The molecule has 0 saturated carbocycles. The van der Waals surface area contributed by atoms with Crippen molar-refractivity contribution in [3.8, 4) is 16.9 Å². The van der Waals surface area contributed by atoms with Crippen molar-refractivity contribution in [2.45, 2.75) is 20.3 Å². The summed E-state index contributed by atoms with van der Waals surface area (Å²) in [7, 11) is 0. The smallest absolute Gasteiger partial charge is 0.226 e. The summed E-state index contributed by atoms with van der Waals surface area (Å²) < 4.78 is 1.76. The van der Waals surface area contributed by atoms with E-state index in [-0.39, 0.29) is 6.42 Å². The van der Waals surface area contributed by atoms with Crippen LogP contribution in [0.25, 0.3) is 16.9 Å². The maximum absolute atomic E-state index is 11.5. The number of hydrogen-bond donors (Lipinski definition) is 0. The first-order valence-corrected chi connectivity index (χ1v) is 8.78. The van der Waals surface area contributed by atoms with E-state index in [0.29, 0.717) is 15.7 Å². The highest BCUT2D eigenvalue weighted by Gasteiger charge is 2.16. The van der Waals surface area contributed by atoms with Crippen LogP contribution in [0.1, 0.15) is 16.7 Å². The average Bonchev–Trinajstić information content (AvgIpc) is 2.92. The van der Waals surface area contributed by atoms with Crippen molar-refractivity contribution in [1.29, 1.82) is 0 Å². The Kier molecular flexibility index (Phi) is 5.19. The summed E-state index contributed by atoms with van der Waals surface area (Å²) in [5.74, 6) is 0. The van der Waals surface area contributed by atoms with Crippen LogP contribution in [-0.4, -0.2) is 15.0 Å². The second kappa shape index (κ2) is 7.20. The maximum Gasteiger partial charge on any atom is 0.226 e. The molecule has 0 saturated heterocycles. The van der Waals surface area contributed by atoms with Gasteiger partial charge in [-0.15, -0.1) is 0 Å². The predicted octanol–water partition coefficient (Wildman–Crippen LogP) is 5.77. The van der Waals surface area contributed by atoms with Crippen LogP contribution < -0.4 is 0 Å². The summed E-state index contributed by atoms with van der Waals surface area (Å²) in [5.41, 5.74) is 5.37. The summed E-state index contributed by atoms with van der Waals surface area (Å²) in [6.45, 7) is 4.06. The topological polar surface area (TPSA) is 34.9 Å². The minimum absolute atomic E-state index is 0.0853. The van der Waals surface area contributed by atoms with Gasteiger partial charge in [0.2, 0.25) is 5.24 Å². The Bertz CT molecular complexity index is 943. The largest absolute Gasteiger partial charge is 0.281 e. The monoisotopic (exact) mass is 392 g/mol. The maximum atomic E-state index is 11.5. The first kappa shape index (κ1) is 18.0. The van der Waals surface area contributed by atoms with Gasteiger partial charge in [-0.05, 0) is 60.8 Å². The molecule has 0 fully saturated rings. The second-order valence-corrected chi connectivity index (χ2v) is 7.19. The first-order chi connectivity index (χ1) is 11.8. The van der Waals surface area contributed by atoms with Crippen LogP contribution in [0.2, 0.25) is 10.0 Å². The molecule has 0 aliphatic carbocycles. The lowest BCUT2D eigenvalue weighted by atomic mass is 10.1. The summed E-state index contributed by atoms with van der Waals surface area (Å²) in [6.07, 6.45) is 1.91. The van der Waals surface area contributed by atoms with E-state index in [1.54, 1.807) is 16.8 Å². The lowest BCUT2D eigenvalue weighted by Crippen LogP contribution is -1.96. The highest BCUT2D eigenvalue weighted by atomic mass is 35.5. The van der Waals surface area contributed by atoms with Crippen molar-refractivity contribution in [2.75, 3.05) is 0 Å². The van der Waals surface area contributed by atoms with Gasteiger partial charge in [0.15, 0.2) is 0 Å². The number of aryl methyl sites for hydroxylation is 2. The standard InChI is InChI=1S/C19H15Cl3N2O/c1-11-5-12(2)7-15(6-11)24-10-14(9-18(22)25)19(23-24)13-3-4-16(20)17(21)8-13/h3-8,10H,9H2,1-2H3. The van der Waals surface area contributed by atoms with Gasteiger partial charge in [-0.25, -0.2) is 4.68 Å². The van der Waals surface area contributed by atoms with Crippen molar-refractivity contribution >= 4 is 40.0 Å². The van der Waals surface area contributed by atoms with Crippen molar-refractivity contribution in [1.82, 2.24) is 9.78 Å². The third-order valence-electron chi connectivity index (χ3n) is 3.78. The molecule has 0 radical (unpaired) electrons. The van der Waals surface area contributed by atoms with Crippen molar-refractivity contribution in [3.05, 3.63) is 69.3 Å². The molecule has 0 aliphatic heterocycles. The molecule has 0 atom stereocenters. The summed E-state index contributed by atoms with van der Waals surface area (Å²) in [6, 6.07) is 11.4. The fourth-order valence-corrected chi connectivity index (χ4v) is 3.23. The third-order valence-corrected chi connectivity index (χ3v) is 4.66. The molecule has 0 bridgehead atoms. The van der Waals surface area contributed by atoms with Crippen molar-refractivity contribution in [2.24, 2.45) is 0 Å². The molecule has 25 heavy (non-hydrogen) atoms. The number of rotatable bonds is 4. The number of hydrogen-bond acceptors (Lipinski definition) is 2. The molecule has 0 amide bonds. The van der Waals surface area contributed by atoms with E-state index in [0.717, 1.165) is 27.9 Å². The van der Waals surface area contributed by atoms with E-state index in [4.69, 9.17) is 34.8 Å². The Hall–Kier alpha value is -1.81. The number of halogens is 3. The fraction of sp³-hybridized carbons (Fsp3) is 0.158. The first-order valence-electron chi connectivity index (χ1n) is 7.64. The Labute approximate surface area is 161 Å². The van der Waals surface area contributed by atoms with Gasteiger partial charge in [-0.2, -0.15) is 5.10 Å². The van der Waals surface area contributed by atoms with Crippen LogP contribution in [0.3, 0.4) is 0 Å². The van der Waals surface area contributed by atoms with Gasteiger partial charge in [0.1, 0.15) is 0 Å². The molecular weight excluding hydrogens is 379 g/mol. The van der Waals surface area contributed by atoms with Gasteiger partial charge >= 0.3 is 0 Å². The van der Waals surface area contributed by atoms with Crippen LogP contribution in [0.5, 0.6) is 0 Å². The van der Waals surface area contributed by atoms with Crippen molar-refractivity contribution < 1.29 is 4.79 Å². The third kappa shape index (κ3) is 4.06. The van der Waals surface area contributed by atoms with E-state index in [2.05, 4.69) is 11.2 Å². The summed E-state index contributed by atoms with van der Waals surface area (Å²) >= 11 is 17.7. The Balaban J connectivity index is 2.15. The van der Waals surface area contributed by atoms with E-state index in [1.807, 2.05) is 38.2 Å². The molecule has 1 heterocycles. The van der Waals surface area contributed by atoms with Crippen LogP contribution >= 0.6 is 34.8 Å². The number of carbonyl (C=O) groups is 1. The van der Waals surface area contributed by atoms with Gasteiger partial charge in [-0.3, -0.25) is 4.79 Å². The highest BCUT2D eigenvalue weighted by molar-refractivity contribution is 6.63. The van der Waals surface area contributed by atoms with Crippen LogP contribution in [0.15, 0.2) is 42.6 Å². The molecule has 3 nitrogen and oxygen atoms in total. The molecule has 0 aliphatic rings. The highest BCUT2D eigenvalue weighted by Crippen LogP contribution is 2.30. The second-order valence-electron chi connectivity index (χ2n) is 5.95. The number of nitrogens with zero attached hydrogens (tertiary/aromatic N) is 2. The minimum Gasteiger partial charge on any atom is -0.281 e. The lowest BCUT2D eigenvalue weighted by molar-refractivity contribution is -0.111. The molecule has 3 aromatic rings. The van der Waals surface area contributed by atoms with Gasteiger partial charge in [-0.1, -0.05) is 35.3 Å². The molecule has 2 aromatic carbocycles. The van der Waals surface area contributed by atoms with E-state index < -0.39 is 5.24 Å². The quantitative estimate of drug-likeness (QED) is 0.527. The zero-order valence-electron chi connectivity index (χ0n) is 13.7. The molecule has 128 valence electrons. The van der Waals surface area contributed by atoms with Crippen LogP contribution in [0.4, 0.5) is 0 Å². The number of benzene rings is 2. The zero-order valence-corrected chi connectivity index (χ0v) is 16.0. The molecular formula is C19H15Cl3N2O. The molecule has 6 heteroatoms. The van der Waals surface area contributed by atoms with Gasteiger partial charge < -0.3 is 0 Å². The summed E-state index contributed by atoms with van der Waals surface area (Å²) in [5, 5.41) is 5.12. The van der Waals surface area contributed by atoms with Gasteiger partial charge in [0.05, 0.1) is 27.8 Å². The van der Waals surface area contributed by atoms with E-state index >= 15 is 0 Å². The van der Waals surface area contributed by atoms with Gasteiger partial charge in [0, 0.05) is 17.3 Å². The normalized spacial score (nSPS) is 10.9. The molecule has 0 unspecified atom stereocenters. The van der Waals surface area contributed by atoms with E-state index in [1.165, 1.54) is 0 Å². The molecule has 3 rings (SSSR count). The van der Waals surface area contributed by atoms with Gasteiger partial charge in [0.25, 0.3) is 0 Å². The van der Waals surface area contributed by atoms with Crippen molar-refractivity contribution in [3.63, 3.8) is 0 Å².